The van der Waals surface area contributed by atoms with Gasteiger partial charge in [-0.05, 0) is 44.0 Å². The molecule has 1 amide bonds. The number of nitrogens with zero attached hydrogens (tertiary/aromatic N) is 1. The van der Waals surface area contributed by atoms with E-state index in [9.17, 15) is 9.18 Å². The molecule has 1 aromatic rings. The van der Waals surface area contributed by atoms with Crippen LogP contribution in [0.4, 0.5) is 4.39 Å². The molecule has 5 heteroatoms. The van der Waals surface area contributed by atoms with Gasteiger partial charge in [0, 0.05) is 29.6 Å². The van der Waals surface area contributed by atoms with Crippen molar-refractivity contribution in [2.75, 3.05) is 19.6 Å². The minimum Gasteiger partial charge on any atom is -0.356 e. The number of carbonyl (C=O) groups is 1. The fourth-order valence-corrected chi connectivity index (χ4v) is 2.93. The Kier molecular flexibility index (Phi) is 6.21. The van der Waals surface area contributed by atoms with Crippen LogP contribution in [0.3, 0.4) is 0 Å². The number of benzene rings is 1. The lowest BCUT2D eigenvalue weighted by atomic mass is 9.95. The Bertz CT molecular complexity index is 493. The van der Waals surface area contributed by atoms with Crippen LogP contribution >= 0.6 is 11.6 Å². The van der Waals surface area contributed by atoms with Gasteiger partial charge in [-0.2, -0.15) is 0 Å². The summed E-state index contributed by atoms with van der Waals surface area (Å²) in [6, 6.07) is 4.77. The third kappa shape index (κ3) is 4.68. The van der Waals surface area contributed by atoms with Crippen molar-refractivity contribution in [2.45, 2.75) is 33.2 Å². The molecule has 0 unspecified atom stereocenters. The molecule has 0 spiro atoms. The van der Waals surface area contributed by atoms with Crippen LogP contribution in [0.2, 0.25) is 5.02 Å². The fourth-order valence-electron chi connectivity index (χ4n) is 2.71. The summed E-state index contributed by atoms with van der Waals surface area (Å²) < 4.78 is 13.8. The summed E-state index contributed by atoms with van der Waals surface area (Å²) in [5, 5.41) is 3.47. The van der Waals surface area contributed by atoms with E-state index in [-0.39, 0.29) is 17.6 Å². The number of nitrogens with one attached hydrogen (secondary N) is 1. The SMILES string of the molecule is CC(C)CNC(=O)C1CCN(Cc2c(F)cccc2Cl)CC1. The maximum Gasteiger partial charge on any atom is 0.223 e. The third-order valence-corrected chi connectivity index (χ3v) is 4.44. The summed E-state index contributed by atoms with van der Waals surface area (Å²) in [4.78, 5) is 14.2. The van der Waals surface area contributed by atoms with Gasteiger partial charge in [-0.3, -0.25) is 9.69 Å². The largest absolute Gasteiger partial charge is 0.356 e. The molecule has 0 atom stereocenters. The summed E-state index contributed by atoms with van der Waals surface area (Å²) in [5.74, 6) is 0.430. The van der Waals surface area contributed by atoms with Gasteiger partial charge in [-0.15, -0.1) is 0 Å². The van der Waals surface area contributed by atoms with E-state index in [1.54, 1.807) is 12.1 Å². The van der Waals surface area contributed by atoms with E-state index in [2.05, 4.69) is 24.1 Å². The molecule has 1 fully saturated rings. The zero-order valence-corrected chi connectivity index (χ0v) is 14.0. The molecule has 0 saturated carbocycles. The highest BCUT2D eigenvalue weighted by Crippen LogP contribution is 2.24. The van der Waals surface area contributed by atoms with Crippen molar-refractivity contribution in [1.82, 2.24) is 10.2 Å². The predicted octanol–water partition coefficient (Wildman–Crippen LogP) is 3.46. The van der Waals surface area contributed by atoms with Crippen molar-refractivity contribution in [3.8, 4) is 0 Å². The van der Waals surface area contributed by atoms with Crippen LogP contribution in [0.1, 0.15) is 32.3 Å². The van der Waals surface area contributed by atoms with Crippen molar-refractivity contribution in [3.05, 3.63) is 34.6 Å². The van der Waals surface area contributed by atoms with Crippen molar-refractivity contribution >= 4 is 17.5 Å². The minimum atomic E-state index is -0.260. The number of piperidine rings is 1. The first-order chi connectivity index (χ1) is 10.5. The Hall–Kier alpha value is -1.13. The standard InChI is InChI=1S/C17H24ClFN2O/c1-12(2)10-20-17(22)13-6-8-21(9-7-13)11-14-15(18)4-3-5-16(14)19/h3-5,12-13H,6-11H2,1-2H3,(H,20,22). The molecule has 2 rings (SSSR count). The average molecular weight is 327 g/mol. The van der Waals surface area contributed by atoms with Crippen LogP contribution in [-0.4, -0.2) is 30.4 Å². The Morgan fingerprint density at radius 1 is 1.41 bits per heavy atom. The highest BCUT2D eigenvalue weighted by Gasteiger charge is 2.25. The molecule has 1 aliphatic rings. The summed E-state index contributed by atoms with van der Waals surface area (Å²) in [6.45, 7) is 6.99. The molecule has 22 heavy (non-hydrogen) atoms. The monoisotopic (exact) mass is 326 g/mol. The summed E-state index contributed by atoms with van der Waals surface area (Å²) in [6.07, 6.45) is 1.63. The van der Waals surface area contributed by atoms with Crippen molar-refractivity contribution in [3.63, 3.8) is 0 Å². The Labute approximate surface area is 136 Å². The van der Waals surface area contributed by atoms with Crippen molar-refractivity contribution < 1.29 is 9.18 Å². The predicted molar refractivity (Wildman–Crippen MR) is 87.3 cm³/mol. The number of likely N-dealkylation sites (tertiary alicyclic amines) is 1. The molecule has 0 bridgehead atoms. The molecular formula is C17H24ClFN2O. The van der Waals surface area contributed by atoms with Crippen molar-refractivity contribution in [2.24, 2.45) is 11.8 Å². The number of rotatable bonds is 5. The summed E-state index contributed by atoms with van der Waals surface area (Å²) >= 11 is 6.07. The maximum atomic E-state index is 13.8. The number of amides is 1. The minimum absolute atomic E-state index is 0.0751. The fraction of sp³-hybridized carbons (Fsp3) is 0.588. The normalized spacial score (nSPS) is 17.0. The number of halogens is 2. The van der Waals surface area contributed by atoms with Crippen LogP contribution in [0.25, 0.3) is 0 Å². The third-order valence-electron chi connectivity index (χ3n) is 4.09. The van der Waals surface area contributed by atoms with Crippen LogP contribution in [0.15, 0.2) is 18.2 Å². The summed E-state index contributed by atoms with van der Waals surface area (Å²) in [7, 11) is 0. The molecule has 1 N–H and O–H groups in total. The van der Waals surface area contributed by atoms with Gasteiger partial charge in [0.15, 0.2) is 0 Å². The van der Waals surface area contributed by atoms with E-state index in [4.69, 9.17) is 11.6 Å². The van der Waals surface area contributed by atoms with Gasteiger partial charge < -0.3 is 5.32 Å². The van der Waals surface area contributed by atoms with Crippen LogP contribution in [0, 0.1) is 17.7 Å². The molecular weight excluding hydrogens is 303 g/mol. The van der Waals surface area contributed by atoms with Gasteiger partial charge in [0.1, 0.15) is 5.82 Å². The molecule has 1 saturated heterocycles. The highest BCUT2D eigenvalue weighted by molar-refractivity contribution is 6.31. The molecule has 122 valence electrons. The van der Waals surface area contributed by atoms with Crippen LogP contribution in [-0.2, 0) is 11.3 Å². The second-order valence-corrected chi connectivity index (χ2v) is 6.80. The Morgan fingerprint density at radius 3 is 2.68 bits per heavy atom. The van der Waals surface area contributed by atoms with Crippen LogP contribution < -0.4 is 5.32 Å². The Balaban J connectivity index is 1.83. The van der Waals surface area contributed by atoms with E-state index < -0.39 is 0 Å². The van der Waals surface area contributed by atoms with Gasteiger partial charge in [0.05, 0.1) is 0 Å². The van der Waals surface area contributed by atoms with Crippen LogP contribution in [0.5, 0.6) is 0 Å². The molecule has 0 radical (unpaired) electrons. The number of carbonyl (C=O) groups excluding carboxylic acids is 1. The van der Waals surface area contributed by atoms with Gasteiger partial charge in [-0.1, -0.05) is 31.5 Å². The zero-order valence-electron chi connectivity index (χ0n) is 13.2. The maximum absolute atomic E-state index is 13.8. The molecule has 1 heterocycles. The van der Waals surface area contributed by atoms with Gasteiger partial charge >= 0.3 is 0 Å². The first-order valence-corrected chi connectivity index (χ1v) is 8.28. The van der Waals surface area contributed by atoms with Gasteiger partial charge in [-0.25, -0.2) is 4.39 Å². The lowest BCUT2D eigenvalue weighted by molar-refractivity contribution is -0.126. The quantitative estimate of drug-likeness (QED) is 0.898. The molecule has 3 nitrogen and oxygen atoms in total. The van der Waals surface area contributed by atoms with E-state index in [1.807, 2.05) is 0 Å². The lowest BCUT2D eigenvalue weighted by Gasteiger charge is -2.31. The molecule has 1 aromatic carbocycles. The molecule has 1 aliphatic heterocycles. The first kappa shape index (κ1) is 17.2. The molecule has 0 aliphatic carbocycles. The van der Waals surface area contributed by atoms with Crippen molar-refractivity contribution in [1.29, 1.82) is 0 Å². The smallest absolute Gasteiger partial charge is 0.223 e. The van der Waals surface area contributed by atoms with Gasteiger partial charge in [0.2, 0.25) is 5.91 Å². The van der Waals surface area contributed by atoms with E-state index in [0.717, 1.165) is 32.5 Å². The lowest BCUT2D eigenvalue weighted by Crippen LogP contribution is -2.41. The van der Waals surface area contributed by atoms with E-state index in [0.29, 0.717) is 23.0 Å². The number of hydrogen-bond donors (Lipinski definition) is 1. The Morgan fingerprint density at radius 2 is 2.09 bits per heavy atom. The second-order valence-electron chi connectivity index (χ2n) is 6.39. The second kappa shape index (κ2) is 7.93. The summed E-state index contributed by atoms with van der Waals surface area (Å²) in [5.41, 5.74) is 0.548. The molecule has 0 aromatic heterocycles. The van der Waals surface area contributed by atoms with E-state index >= 15 is 0 Å². The highest BCUT2D eigenvalue weighted by atomic mass is 35.5. The number of hydrogen-bond acceptors (Lipinski definition) is 2. The topological polar surface area (TPSA) is 32.3 Å². The van der Waals surface area contributed by atoms with Gasteiger partial charge in [0.25, 0.3) is 0 Å². The van der Waals surface area contributed by atoms with E-state index in [1.165, 1.54) is 6.07 Å². The average Bonchev–Trinajstić information content (AvgIpc) is 2.49. The zero-order chi connectivity index (χ0) is 16.1. The first-order valence-electron chi connectivity index (χ1n) is 7.90.